The minimum absolute atomic E-state index is 0.299. The Kier molecular flexibility index (Phi) is 2.43. The quantitative estimate of drug-likeness (QED) is 0.688. The van der Waals surface area contributed by atoms with Gasteiger partial charge < -0.3 is 10.3 Å². The summed E-state index contributed by atoms with van der Waals surface area (Å²) in [5, 5.41) is 0. The molecule has 0 radical (unpaired) electrons. The Morgan fingerprint density at radius 2 is 1.71 bits per heavy atom. The van der Waals surface area contributed by atoms with Gasteiger partial charge in [-0.2, -0.15) is 0 Å². The molecule has 0 bridgehead atoms. The number of aromatic nitrogens is 4. The fourth-order valence-electron chi connectivity index (χ4n) is 1.94. The second-order valence-electron chi connectivity index (χ2n) is 4.20. The molecule has 0 amide bonds. The molecule has 2 aromatic heterocycles. The lowest BCUT2D eigenvalue weighted by Gasteiger charge is -2.05. The lowest BCUT2D eigenvalue weighted by atomic mass is 10.3. The van der Waals surface area contributed by atoms with Crippen LogP contribution in [0.25, 0.3) is 11.2 Å². The first-order valence-corrected chi connectivity index (χ1v) is 5.24. The third-order valence-electron chi connectivity index (χ3n) is 2.92. The van der Waals surface area contributed by atoms with Crippen molar-refractivity contribution < 1.29 is 0 Å². The van der Waals surface area contributed by atoms with E-state index < -0.39 is 5.69 Å². The highest BCUT2D eigenvalue weighted by molar-refractivity contribution is 5.71. The van der Waals surface area contributed by atoms with Crippen molar-refractivity contribution in [2.24, 2.45) is 26.9 Å². The van der Waals surface area contributed by atoms with Crippen molar-refractivity contribution in [1.82, 2.24) is 18.7 Å². The predicted molar refractivity (Wildman–Crippen MR) is 63.8 cm³/mol. The number of imidazole rings is 1. The van der Waals surface area contributed by atoms with Gasteiger partial charge in [0.25, 0.3) is 5.56 Å². The maximum absolute atomic E-state index is 12.0. The van der Waals surface area contributed by atoms with Crippen molar-refractivity contribution in [2.45, 2.75) is 13.0 Å². The Labute approximate surface area is 97.1 Å². The molecule has 2 N–H and O–H groups in total. The van der Waals surface area contributed by atoms with E-state index in [0.717, 1.165) is 4.57 Å². The normalized spacial score (nSPS) is 13.2. The average Bonchev–Trinajstić information content (AvgIpc) is 2.62. The molecule has 0 saturated carbocycles. The van der Waals surface area contributed by atoms with Gasteiger partial charge >= 0.3 is 5.69 Å². The summed E-state index contributed by atoms with van der Waals surface area (Å²) >= 11 is 0. The second-order valence-corrected chi connectivity index (χ2v) is 4.20. The van der Waals surface area contributed by atoms with Gasteiger partial charge in [-0.05, 0) is 6.92 Å². The molecule has 0 saturated heterocycles. The van der Waals surface area contributed by atoms with Crippen LogP contribution >= 0.6 is 0 Å². The number of nitrogens with two attached hydrogens (primary N) is 1. The van der Waals surface area contributed by atoms with Crippen LogP contribution in [0, 0.1) is 0 Å². The van der Waals surface area contributed by atoms with Crippen LogP contribution < -0.4 is 17.0 Å². The molecule has 0 aliphatic heterocycles. The van der Waals surface area contributed by atoms with E-state index >= 15 is 0 Å². The maximum atomic E-state index is 12.0. The smallest absolute Gasteiger partial charge is 0.324 e. The van der Waals surface area contributed by atoms with Crippen molar-refractivity contribution in [2.75, 3.05) is 0 Å². The van der Waals surface area contributed by atoms with Crippen LogP contribution in [-0.4, -0.2) is 18.7 Å². The van der Waals surface area contributed by atoms with Crippen molar-refractivity contribution in [3.05, 3.63) is 26.7 Å². The molecule has 0 aliphatic rings. The van der Waals surface area contributed by atoms with E-state index in [1.165, 1.54) is 11.6 Å². The number of rotatable bonds is 1. The van der Waals surface area contributed by atoms with Crippen LogP contribution in [0.15, 0.2) is 9.59 Å². The van der Waals surface area contributed by atoms with Crippen LogP contribution in [0.4, 0.5) is 0 Å². The first-order chi connectivity index (χ1) is 7.86. The van der Waals surface area contributed by atoms with Crippen molar-refractivity contribution in [1.29, 1.82) is 0 Å². The summed E-state index contributed by atoms with van der Waals surface area (Å²) in [6.07, 6.45) is 0. The first-order valence-electron chi connectivity index (χ1n) is 5.24. The Morgan fingerprint density at radius 1 is 1.12 bits per heavy atom. The molecule has 1 unspecified atom stereocenters. The summed E-state index contributed by atoms with van der Waals surface area (Å²) in [6.45, 7) is 1.78. The zero-order valence-electron chi connectivity index (χ0n) is 10.3. The maximum Gasteiger partial charge on any atom is 0.332 e. The van der Waals surface area contributed by atoms with Crippen molar-refractivity contribution in [3.63, 3.8) is 0 Å². The van der Waals surface area contributed by atoms with E-state index in [0.29, 0.717) is 17.0 Å². The van der Waals surface area contributed by atoms with Gasteiger partial charge in [-0.3, -0.25) is 13.9 Å². The molecule has 17 heavy (non-hydrogen) atoms. The molecule has 2 aromatic rings. The SMILES string of the molecule is CC(N)c1nc2c(c(=O)n(C)c(=O)n2C)n1C. The van der Waals surface area contributed by atoms with E-state index in [-0.39, 0.29) is 11.6 Å². The van der Waals surface area contributed by atoms with Crippen molar-refractivity contribution >= 4 is 11.2 Å². The number of hydrogen-bond acceptors (Lipinski definition) is 4. The van der Waals surface area contributed by atoms with Gasteiger partial charge in [0.1, 0.15) is 5.82 Å². The van der Waals surface area contributed by atoms with Gasteiger partial charge in [-0.15, -0.1) is 0 Å². The Bertz CT molecular complexity index is 704. The molecular formula is C10H15N5O2. The van der Waals surface area contributed by atoms with Crippen LogP contribution in [0.3, 0.4) is 0 Å². The van der Waals surface area contributed by atoms with E-state index in [2.05, 4.69) is 4.98 Å². The highest BCUT2D eigenvalue weighted by Crippen LogP contribution is 2.13. The molecule has 92 valence electrons. The molecule has 7 heteroatoms. The summed E-state index contributed by atoms with van der Waals surface area (Å²) < 4.78 is 4.05. The summed E-state index contributed by atoms with van der Waals surface area (Å²) in [4.78, 5) is 28.0. The topological polar surface area (TPSA) is 87.8 Å². The van der Waals surface area contributed by atoms with Crippen LogP contribution in [-0.2, 0) is 21.1 Å². The monoisotopic (exact) mass is 237 g/mol. The number of fused-ring (bicyclic) bond motifs is 1. The average molecular weight is 237 g/mol. The Balaban J connectivity index is 3.08. The van der Waals surface area contributed by atoms with Crippen LogP contribution in [0.2, 0.25) is 0 Å². The van der Waals surface area contributed by atoms with E-state index in [1.54, 1.807) is 25.6 Å². The van der Waals surface area contributed by atoms with Gasteiger partial charge in [0.15, 0.2) is 11.2 Å². The zero-order valence-corrected chi connectivity index (χ0v) is 10.3. The van der Waals surface area contributed by atoms with Gasteiger partial charge in [-0.25, -0.2) is 9.78 Å². The van der Waals surface area contributed by atoms with E-state index in [4.69, 9.17) is 5.73 Å². The van der Waals surface area contributed by atoms with Gasteiger partial charge in [0.05, 0.1) is 6.04 Å². The molecular weight excluding hydrogens is 222 g/mol. The lowest BCUT2D eigenvalue weighted by molar-refractivity contribution is 0.692. The first kappa shape index (κ1) is 11.6. The fourth-order valence-corrected chi connectivity index (χ4v) is 1.94. The predicted octanol–water partition coefficient (Wildman–Crippen LogP) is -1.01. The van der Waals surface area contributed by atoms with Crippen molar-refractivity contribution in [3.8, 4) is 0 Å². The molecule has 0 fully saturated rings. The molecule has 1 atom stereocenters. The Hall–Kier alpha value is -1.89. The molecule has 2 rings (SSSR count). The molecule has 7 nitrogen and oxygen atoms in total. The number of nitrogens with zero attached hydrogens (tertiary/aromatic N) is 4. The third-order valence-corrected chi connectivity index (χ3v) is 2.92. The summed E-state index contributed by atoms with van der Waals surface area (Å²) in [6, 6.07) is -0.299. The third kappa shape index (κ3) is 1.42. The number of hydrogen-bond donors (Lipinski definition) is 1. The Morgan fingerprint density at radius 3 is 2.24 bits per heavy atom. The zero-order chi connectivity index (χ0) is 12.9. The van der Waals surface area contributed by atoms with Gasteiger partial charge in [0.2, 0.25) is 0 Å². The summed E-state index contributed by atoms with van der Waals surface area (Å²) in [7, 11) is 4.75. The fraction of sp³-hybridized carbons (Fsp3) is 0.500. The van der Waals surface area contributed by atoms with E-state index in [1.807, 2.05) is 0 Å². The van der Waals surface area contributed by atoms with E-state index in [9.17, 15) is 9.59 Å². The van der Waals surface area contributed by atoms with Crippen LogP contribution in [0.5, 0.6) is 0 Å². The number of aryl methyl sites for hydroxylation is 2. The highest BCUT2D eigenvalue weighted by Gasteiger charge is 2.18. The highest BCUT2D eigenvalue weighted by atomic mass is 16.2. The minimum Gasteiger partial charge on any atom is -0.324 e. The second kappa shape index (κ2) is 3.56. The van der Waals surface area contributed by atoms with Gasteiger partial charge in [-0.1, -0.05) is 0 Å². The summed E-state index contributed by atoms with van der Waals surface area (Å²) in [5.74, 6) is 0.582. The molecule has 0 aliphatic carbocycles. The molecule has 0 spiro atoms. The standard InChI is InChI=1S/C10H15N5O2/c1-5(11)7-12-8-6(13(7)2)9(16)15(4)10(17)14(8)3/h5H,11H2,1-4H3. The van der Waals surface area contributed by atoms with Gasteiger partial charge in [0, 0.05) is 21.1 Å². The largest absolute Gasteiger partial charge is 0.332 e. The molecule has 2 heterocycles. The summed E-state index contributed by atoms with van der Waals surface area (Å²) in [5.41, 5.74) is 5.79. The minimum atomic E-state index is -0.392. The van der Waals surface area contributed by atoms with Crippen LogP contribution in [0.1, 0.15) is 18.8 Å². The molecule has 0 aromatic carbocycles. The lowest BCUT2D eigenvalue weighted by Crippen LogP contribution is -2.37.